The van der Waals surface area contributed by atoms with Crippen LogP contribution in [0.2, 0.25) is 0 Å². The van der Waals surface area contributed by atoms with Gasteiger partial charge in [0.15, 0.2) is 0 Å². The Kier molecular flexibility index (Phi) is 23.2. The number of amides is 8. The monoisotopic (exact) mass is 931 g/mol. The third-order valence-corrected chi connectivity index (χ3v) is 10.2. The summed E-state index contributed by atoms with van der Waals surface area (Å²) in [5.41, 5.74) is 7.10. The summed E-state index contributed by atoms with van der Waals surface area (Å²) in [7, 11) is 0. The molecule has 0 spiro atoms. The minimum atomic E-state index is -1.55. The summed E-state index contributed by atoms with van der Waals surface area (Å²) in [5, 5.41) is 49.4. The molecule has 2 aromatic rings. The van der Waals surface area contributed by atoms with Crippen LogP contribution < -0.4 is 48.3 Å². The first kappa shape index (κ1) is 56.0. The quantitative estimate of drug-likeness (QED) is 0.0442. The predicted molar refractivity (Wildman–Crippen MR) is 243 cm³/mol. The Balaban J connectivity index is 2.13. The number of carboxylic acids is 1. The van der Waals surface area contributed by atoms with Gasteiger partial charge < -0.3 is 68.6 Å². The molecule has 7 atom stereocenters. The fraction of sp³-hybridized carbons (Fsp3) is 0.614. The second-order valence-electron chi connectivity index (χ2n) is 17.9. The van der Waals surface area contributed by atoms with E-state index in [2.05, 4.69) is 47.5 Å². The first-order valence-corrected chi connectivity index (χ1v) is 22.1. The van der Waals surface area contributed by atoms with Crippen LogP contribution in [0.15, 0.2) is 30.5 Å². The van der Waals surface area contributed by atoms with Gasteiger partial charge in [0.25, 0.3) is 0 Å². The van der Waals surface area contributed by atoms with Crippen molar-refractivity contribution in [3.63, 3.8) is 0 Å². The molecular formula is C44H70N10O12. The van der Waals surface area contributed by atoms with E-state index in [1.807, 2.05) is 24.3 Å². The number of aliphatic hydroxyl groups is 2. The third-order valence-electron chi connectivity index (χ3n) is 10.2. The van der Waals surface area contributed by atoms with Gasteiger partial charge in [0.05, 0.1) is 26.3 Å². The van der Waals surface area contributed by atoms with Gasteiger partial charge in [-0.15, -0.1) is 0 Å². The number of nitrogens with two attached hydrogens (primary N) is 1. The number of aromatic nitrogens is 1. The molecule has 0 bridgehead atoms. The summed E-state index contributed by atoms with van der Waals surface area (Å²) in [6, 6.07) is -1.55. The molecule has 1 aromatic carbocycles. The van der Waals surface area contributed by atoms with Crippen molar-refractivity contribution in [2.75, 3.05) is 26.3 Å². The van der Waals surface area contributed by atoms with Crippen LogP contribution in [0.5, 0.6) is 0 Å². The summed E-state index contributed by atoms with van der Waals surface area (Å²) in [4.78, 5) is 120. The standard InChI is InChI=1S/C44H70N10O12/c1-22(2)13-30(50-41(62)32(16-26-17-46-29-12-10-9-11-27(26)29)52-43(64)37(25(7)8)54-38(59)28(45)20-55)39(60)48-18-35(57)47-19-36(58)49-34(21-56)42(63)51-31(14-23(3)4)40(61)53-33(44(65)66)15-24(5)6/h9-12,17,22-25,28,30-34,37,46,55-56H,13-16,18-21,45H2,1-8H3,(H,47,57)(H,48,60)(H,49,58)(H,50,62)(H,51,63)(H,52,64)(H,53,61)(H,54,59)(H,65,66)/t28-,30-,31-,32-,33-,34-,37-/m0/s1. The second kappa shape index (κ2) is 27.4. The van der Waals surface area contributed by atoms with E-state index in [1.165, 1.54) is 0 Å². The van der Waals surface area contributed by atoms with E-state index in [1.54, 1.807) is 61.6 Å². The van der Waals surface area contributed by atoms with E-state index >= 15 is 0 Å². The molecule has 1 heterocycles. The molecule has 0 fully saturated rings. The molecule has 0 aliphatic rings. The number of benzene rings is 1. The normalized spacial score (nSPS) is 14.6. The lowest BCUT2D eigenvalue weighted by Gasteiger charge is -2.27. The summed E-state index contributed by atoms with van der Waals surface area (Å²) >= 11 is 0. The highest BCUT2D eigenvalue weighted by Crippen LogP contribution is 2.20. The van der Waals surface area contributed by atoms with E-state index in [0.29, 0.717) is 5.56 Å². The zero-order valence-corrected chi connectivity index (χ0v) is 39.0. The Morgan fingerprint density at radius 3 is 1.61 bits per heavy atom. The molecule has 22 heteroatoms. The van der Waals surface area contributed by atoms with Crippen LogP contribution in [-0.4, -0.2) is 142 Å². The Hall–Kier alpha value is -6.13. The van der Waals surface area contributed by atoms with Crippen LogP contribution >= 0.6 is 0 Å². The molecule has 1 aromatic heterocycles. The minimum absolute atomic E-state index is 0.0324. The third kappa shape index (κ3) is 18.8. The molecule has 368 valence electrons. The average Bonchev–Trinajstić information content (AvgIpc) is 3.65. The first-order valence-electron chi connectivity index (χ1n) is 22.1. The zero-order chi connectivity index (χ0) is 49.8. The number of nitrogens with one attached hydrogen (secondary N) is 9. The van der Waals surface area contributed by atoms with E-state index < -0.39 is 128 Å². The van der Waals surface area contributed by atoms with Crippen molar-refractivity contribution < 1.29 is 58.5 Å². The lowest BCUT2D eigenvalue weighted by molar-refractivity contribution is -0.143. The summed E-state index contributed by atoms with van der Waals surface area (Å²) < 4.78 is 0. The molecule has 2 rings (SSSR count). The molecule has 0 radical (unpaired) electrons. The van der Waals surface area contributed by atoms with Crippen molar-refractivity contribution in [1.82, 2.24) is 47.5 Å². The molecule has 0 aliphatic heterocycles. The van der Waals surface area contributed by atoms with Gasteiger partial charge >= 0.3 is 5.97 Å². The van der Waals surface area contributed by atoms with Crippen molar-refractivity contribution >= 4 is 64.1 Å². The van der Waals surface area contributed by atoms with Crippen molar-refractivity contribution in [2.24, 2.45) is 29.4 Å². The van der Waals surface area contributed by atoms with Crippen molar-refractivity contribution in [2.45, 2.75) is 123 Å². The first-order chi connectivity index (χ1) is 31.0. The summed E-state index contributed by atoms with van der Waals surface area (Å²) in [5.74, 6) is -8.43. The predicted octanol–water partition coefficient (Wildman–Crippen LogP) is -1.96. The van der Waals surface area contributed by atoms with Crippen LogP contribution in [0.1, 0.15) is 80.2 Å². The van der Waals surface area contributed by atoms with Gasteiger partial charge in [0.2, 0.25) is 47.3 Å². The summed E-state index contributed by atoms with van der Waals surface area (Å²) in [6.45, 7) is 11.2. The Morgan fingerprint density at radius 1 is 0.561 bits per heavy atom. The SMILES string of the molecule is CC(C)C[C@H](NC(=O)[C@H](CC(C)C)NC(=O)[C@H](CO)NC(=O)CNC(=O)CNC(=O)[C@H](CC(C)C)NC(=O)[C@H](Cc1c[nH]c2ccccc12)NC(=O)[C@@H](NC(=O)[C@@H](N)CO)C(C)C)C(=O)O. The van der Waals surface area contributed by atoms with E-state index in [-0.39, 0.29) is 43.4 Å². The number of carbonyl (C=O) groups excluding carboxylic acids is 8. The number of para-hydroxylation sites is 1. The number of rotatable bonds is 28. The van der Waals surface area contributed by atoms with E-state index in [0.717, 1.165) is 10.9 Å². The number of carboxylic acid groups (broad SMARTS) is 1. The number of aliphatic carboxylic acids is 1. The molecular weight excluding hydrogens is 861 g/mol. The number of hydrogen-bond donors (Lipinski definition) is 13. The Morgan fingerprint density at radius 2 is 1.06 bits per heavy atom. The molecule has 0 aliphatic carbocycles. The maximum absolute atomic E-state index is 14.1. The number of aliphatic hydroxyl groups excluding tert-OH is 2. The summed E-state index contributed by atoms with van der Waals surface area (Å²) in [6.07, 6.45) is 2.03. The van der Waals surface area contributed by atoms with Gasteiger partial charge in [-0.3, -0.25) is 38.4 Å². The van der Waals surface area contributed by atoms with Crippen LogP contribution in [0.4, 0.5) is 0 Å². The number of aromatic amines is 1. The van der Waals surface area contributed by atoms with Gasteiger partial charge in [0.1, 0.15) is 42.3 Å². The Bertz CT molecular complexity index is 1990. The van der Waals surface area contributed by atoms with Gasteiger partial charge in [-0.1, -0.05) is 73.6 Å². The molecule has 0 unspecified atom stereocenters. The van der Waals surface area contributed by atoms with E-state index in [4.69, 9.17) is 5.73 Å². The second-order valence-corrected chi connectivity index (χ2v) is 17.9. The zero-order valence-electron chi connectivity index (χ0n) is 39.0. The fourth-order valence-corrected chi connectivity index (χ4v) is 6.76. The lowest BCUT2D eigenvalue weighted by atomic mass is 9.99. The van der Waals surface area contributed by atoms with Crippen LogP contribution in [0.25, 0.3) is 10.9 Å². The smallest absolute Gasteiger partial charge is 0.326 e. The molecule has 14 N–H and O–H groups in total. The highest BCUT2D eigenvalue weighted by molar-refractivity contribution is 5.97. The highest BCUT2D eigenvalue weighted by Gasteiger charge is 2.34. The maximum atomic E-state index is 14.1. The molecule has 0 saturated carbocycles. The number of H-pyrrole nitrogens is 1. The van der Waals surface area contributed by atoms with E-state index in [9.17, 15) is 58.5 Å². The number of fused-ring (bicyclic) bond motifs is 1. The molecule has 8 amide bonds. The van der Waals surface area contributed by atoms with Crippen LogP contribution in [0, 0.1) is 23.7 Å². The largest absolute Gasteiger partial charge is 0.480 e. The van der Waals surface area contributed by atoms with Crippen LogP contribution in [-0.2, 0) is 49.6 Å². The van der Waals surface area contributed by atoms with Crippen molar-refractivity contribution in [3.8, 4) is 0 Å². The highest BCUT2D eigenvalue weighted by atomic mass is 16.4. The lowest BCUT2D eigenvalue weighted by Crippen LogP contribution is -2.59. The fourth-order valence-electron chi connectivity index (χ4n) is 6.76. The van der Waals surface area contributed by atoms with Gasteiger partial charge in [0, 0.05) is 23.5 Å². The van der Waals surface area contributed by atoms with Gasteiger partial charge in [-0.05, 0) is 54.6 Å². The van der Waals surface area contributed by atoms with Gasteiger partial charge in [-0.25, -0.2) is 4.79 Å². The average molecular weight is 931 g/mol. The number of hydrogen-bond acceptors (Lipinski definition) is 12. The topological polar surface area (TPSA) is 352 Å². The van der Waals surface area contributed by atoms with Crippen molar-refractivity contribution in [3.05, 3.63) is 36.0 Å². The van der Waals surface area contributed by atoms with Crippen molar-refractivity contribution in [1.29, 1.82) is 0 Å². The molecule has 66 heavy (non-hydrogen) atoms. The van der Waals surface area contributed by atoms with Crippen LogP contribution in [0.3, 0.4) is 0 Å². The molecule has 22 nitrogen and oxygen atoms in total. The molecule has 0 saturated heterocycles. The Labute approximate surface area is 384 Å². The van der Waals surface area contributed by atoms with Gasteiger partial charge in [-0.2, -0.15) is 0 Å². The minimum Gasteiger partial charge on any atom is -0.480 e. The maximum Gasteiger partial charge on any atom is 0.326 e. The number of carbonyl (C=O) groups is 9.